The summed E-state index contributed by atoms with van der Waals surface area (Å²) in [5.41, 5.74) is 1.45. The third-order valence-corrected chi connectivity index (χ3v) is 3.24. The summed E-state index contributed by atoms with van der Waals surface area (Å²) in [6.45, 7) is 6.65. The Morgan fingerprint density at radius 3 is 2.24 bits per heavy atom. The van der Waals surface area contributed by atoms with E-state index in [0.717, 1.165) is 18.4 Å². The van der Waals surface area contributed by atoms with E-state index >= 15 is 0 Å². The Morgan fingerprint density at radius 2 is 1.71 bits per heavy atom. The molecule has 2 amide bonds. The maximum atomic E-state index is 11.7. The third kappa shape index (κ3) is 5.85. The van der Waals surface area contributed by atoms with Crippen LogP contribution in [0.25, 0.3) is 0 Å². The molecule has 21 heavy (non-hydrogen) atoms. The quantitative estimate of drug-likeness (QED) is 0.759. The SMILES string of the molecule is CCOC(=O)c1ccc(CNC(=O)NC(CC)CC)cc1. The summed E-state index contributed by atoms with van der Waals surface area (Å²) >= 11 is 0. The molecule has 0 fully saturated rings. The molecule has 1 rings (SSSR count). The Morgan fingerprint density at radius 1 is 1.10 bits per heavy atom. The smallest absolute Gasteiger partial charge is 0.338 e. The van der Waals surface area contributed by atoms with Crippen LogP contribution < -0.4 is 10.6 Å². The fourth-order valence-electron chi connectivity index (χ4n) is 1.88. The van der Waals surface area contributed by atoms with E-state index < -0.39 is 0 Å². The lowest BCUT2D eigenvalue weighted by atomic mass is 10.1. The third-order valence-electron chi connectivity index (χ3n) is 3.24. The van der Waals surface area contributed by atoms with Crippen LogP contribution in [0.2, 0.25) is 0 Å². The van der Waals surface area contributed by atoms with Gasteiger partial charge in [0, 0.05) is 12.6 Å². The van der Waals surface area contributed by atoms with E-state index in [1.807, 2.05) is 26.0 Å². The van der Waals surface area contributed by atoms with Gasteiger partial charge in [0.05, 0.1) is 12.2 Å². The van der Waals surface area contributed by atoms with Crippen LogP contribution in [0.3, 0.4) is 0 Å². The minimum atomic E-state index is -0.330. The number of benzene rings is 1. The molecule has 116 valence electrons. The number of esters is 1. The highest BCUT2D eigenvalue weighted by Crippen LogP contribution is 2.06. The first kappa shape index (κ1) is 17.0. The first-order chi connectivity index (χ1) is 10.1. The molecule has 0 unspecified atom stereocenters. The predicted octanol–water partition coefficient (Wildman–Crippen LogP) is 2.85. The van der Waals surface area contributed by atoms with Crippen LogP contribution in [0.15, 0.2) is 24.3 Å². The van der Waals surface area contributed by atoms with Gasteiger partial charge in [0.2, 0.25) is 0 Å². The second-order valence-corrected chi connectivity index (χ2v) is 4.76. The van der Waals surface area contributed by atoms with Crippen LogP contribution >= 0.6 is 0 Å². The molecule has 0 spiro atoms. The van der Waals surface area contributed by atoms with Gasteiger partial charge in [-0.05, 0) is 37.5 Å². The lowest BCUT2D eigenvalue weighted by Gasteiger charge is -2.15. The Bertz CT molecular complexity index is 453. The molecular formula is C16H24N2O3. The van der Waals surface area contributed by atoms with Crippen molar-refractivity contribution in [2.24, 2.45) is 0 Å². The van der Waals surface area contributed by atoms with Gasteiger partial charge in [0.25, 0.3) is 0 Å². The molecule has 0 radical (unpaired) electrons. The molecule has 5 nitrogen and oxygen atoms in total. The molecule has 0 heterocycles. The zero-order chi connectivity index (χ0) is 15.7. The van der Waals surface area contributed by atoms with Gasteiger partial charge >= 0.3 is 12.0 Å². The van der Waals surface area contributed by atoms with E-state index in [4.69, 9.17) is 4.74 Å². The fraction of sp³-hybridized carbons (Fsp3) is 0.500. The van der Waals surface area contributed by atoms with Gasteiger partial charge in [-0.15, -0.1) is 0 Å². The average molecular weight is 292 g/mol. The molecule has 0 aliphatic rings. The van der Waals surface area contributed by atoms with Crippen molar-refractivity contribution in [3.8, 4) is 0 Å². The van der Waals surface area contributed by atoms with Crippen molar-refractivity contribution in [1.29, 1.82) is 0 Å². The van der Waals surface area contributed by atoms with Gasteiger partial charge in [-0.3, -0.25) is 0 Å². The molecule has 0 saturated carbocycles. The van der Waals surface area contributed by atoms with Crippen molar-refractivity contribution in [2.45, 2.75) is 46.2 Å². The highest BCUT2D eigenvalue weighted by atomic mass is 16.5. The van der Waals surface area contributed by atoms with E-state index in [-0.39, 0.29) is 18.0 Å². The lowest BCUT2D eigenvalue weighted by Crippen LogP contribution is -2.41. The zero-order valence-electron chi connectivity index (χ0n) is 12.9. The van der Waals surface area contributed by atoms with Crippen molar-refractivity contribution in [3.05, 3.63) is 35.4 Å². The second-order valence-electron chi connectivity index (χ2n) is 4.76. The molecule has 1 aromatic rings. The predicted molar refractivity (Wildman–Crippen MR) is 82.1 cm³/mol. The monoisotopic (exact) mass is 292 g/mol. The van der Waals surface area contributed by atoms with E-state index in [1.54, 1.807) is 19.1 Å². The van der Waals surface area contributed by atoms with Crippen molar-refractivity contribution in [2.75, 3.05) is 6.61 Å². The zero-order valence-corrected chi connectivity index (χ0v) is 12.9. The largest absolute Gasteiger partial charge is 0.462 e. The summed E-state index contributed by atoms with van der Waals surface area (Å²) < 4.78 is 4.92. The maximum Gasteiger partial charge on any atom is 0.338 e. The van der Waals surface area contributed by atoms with Gasteiger partial charge in [-0.2, -0.15) is 0 Å². The van der Waals surface area contributed by atoms with Crippen molar-refractivity contribution in [3.63, 3.8) is 0 Å². The Labute approximate surface area is 126 Å². The molecule has 0 saturated heterocycles. The van der Waals surface area contributed by atoms with Crippen LogP contribution in [0.1, 0.15) is 49.5 Å². The highest BCUT2D eigenvalue weighted by molar-refractivity contribution is 5.89. The first-order valence-electron chi connectivity index (χ1n) is 7.41. The molecule has 1 aromatic carbocycles. The summed E-state index contributed by atoms with van der Waals surface area (Å²) in [5.74, 6) is -0.330. The van der Waals surface area contributed by atoms with Gasteiger partial charge in [0.1, 0.15) is 0 Å². The minimum absolute atomic E-state index is 0.168. The van der Waals surface area contributed by atoms with E-state index in [9.17, 15) is 9.59 Å². The number of nitrogens with one attached hydrogen (secondary N) is 2. The Kier molecular flexibility index (Phi) is 7.29. The minimum Gasteiger partial charge on any atom is -0.462 e. The molecule has 0 aliphatic carbocycles. The number of amides is 2. The van der Waals surface area contributed by atoms with Crippen LogP contribution in [0, 0.1) is 0 Å². The number of carbonyl (C=O) groups is 2. The van der Waals surface area contributed by atoms with E-state index in [2.05, 4.69) is 10.6 Å². The standard InChI is InChI=1S/C16H24N2O3/c1-4-14(5-2)18-16(20)17-11-12-7-9-13(10-8-12)15(19)21-6-3/h7-10,14H,4-6,11H2,1-3H3,(H2,17,18,20). The van der Waals surface area contributed by atoms with Gasteiger partial charge in [-0.25, -0.2) is 9.59 Å². The Balaban J connectivity index is 2.45. The maximum absolute atomic E-state index is 11.7. The molecule has 0 aliphatic heterocycles. The van der Waals surface area contributed by atoms with Crippen molar-refractivity contribution < 1.29 is 14.3 Å². The topological polar surface area (TPSA) is 67.4 Å². The van der Waals surface area contributed by atoms with Crippen LogP contribution in [0.5, 0.6) is 0 Å². The number of hydrogen-bond acceptors (Lipinski definition) is 3. The lowest BCUT2D eigenvalue weighted by molar-refractivity contribution is 0.0526. The summed E-state index contributed by atoms with van der Waals surface area (Å²) in [6.07, 6.45) is 1.83. The summed E-state index contributed by atoms with van der Waals surface area (Å²) in [4.78, 5) is 23.2. The normalized spacial score (nSPS) is 10.3. The summed E-state index contributed by atoms with van der Waals surface area (Å²) in [5, 5.41) is 5.71. The first-order valence-corrected chi connectivity index (χ1v) is 7.41. The molecule has 0 bridgehead atoms. The highest BCUT2D eigenvalue weighted by Gasteiger charge is 2.08. The van der Waals surface area contributed by atoms with E-state index in [0.29, 0.717) is 18.7 Å². The molecule has 0 atom stereocenters. The van der Waals surface area contributed by atoms with Crippen LogP contribution in [-0.2, 0) is 11.3 Å². The van der Waals surface area contributed by atoms with Gasteiger partial charge in [-0.1, -0.05) is 26.0 Å². The van der Waals surface area contributed by atoms with Crippen molar-refractivity contribution in [1.82, 2.24) is 10.6 Å². The van der Waals surface area contributed by atoms with E-state index in [1.165, 1.54) is 0 Å². The number of urea groups is 1. The van der Waals surface area contributed by atoms with Crippen LogP contribution in [0.4, 0.5) is 4.79 Å². The summed E-state index contributed by atoms with van der Waals surface area (Å²) in [7, 11) is 0. The number of hydrogen-bond donors (Lipinski definition) is 2. The number of carbonyl (C=O) groups excluding carboxylic acids is 2. The van der Waals surface area contributed by atoms with Crippen LogP contribution in [-0.4, -0.2) is 24.6 Å². The molecule has 2 N–H and O–H groups in total. The number of ether oxygens (including phenoxy) is 1. The molecule has 5 heteroatoms. The Hall–Kier alpha value is -2.04. The molecule has 0 aromatic heterocycles. The fourth-order valence-corrected chi connectivity index (χ4v) is 1.88. The van der Waals surface area contributed by atoms with Gasteiger partial charge in [0.15, 0.2) is 0 Å². The van der Waals surface area contributed by atoms with Crippen molar-refractivity contribution >= 4 is 12.0 Å². The second kappa shape index (κ2) is 9.00. The average Bonchev–Trinajstić information content (AvgIpc) is 2.51. The van der Waals surface area contributed by atoms with Gasteiger partial charge < -0.3 is 15.4 Å². The number of rotatable bonds is 7. The summed E-state index contributed by atoms with van der Waals surface area (Å²) in [6, 6.07) is 7.06. The molecular weight excluding hydrogens is 268 g/mol.